The van der Waals surface area contributed by atoms with Crippen molar-refractivity contribution in [3.05, 3.63) is 15.1 Å². The zero-order valence-corrected chi connectivity index (χ0v) is 12.1. The second-order valence-electron chi connectivity index (χ2n) is 4.50. The zero-order chi connectivity index (χ0) is 11.6. The van der Waals surface area contributed by atoms with Crippen molar-refractivity contribution in [2.45, 2.75) is 39.5 Å². The Labute approximate surface area is 105 Å². The predicted molar refractivity (Wildman–Crippen MR) is 72.4 cm³/mol. The molecule has 0 aliphatic rings. The Morgan fingerprint density at radius 1 is 1.27 bits per heavy atom. The Balaban J connectivity index is 3.37. The van der Waals surface area contributed by atoms with Crippen LogP contribution in [-0.4, -0.2) is 17.0 Å². The molecule has 0 bridgehead atoms. The van der Waals surface area contributed by atoms with Gasteiger partial charge in [-0.25, -0.2) is 9.97 Å². The van der Waals surface area contributed by atoms with Gasteiger partial charge in [0.15, 0.2) is 0 Å². The summed E-state index contributed by atoms with van der Waals surface area (Å²) in [4.78, 5) is 9.07. The Bertz CT molecular complexity index is 356. The third kappa shape index (κ3) is 2.80. The van der Waals surface area contributed by atoms with Gasteiger partial charge in [0.1, 0.15) is 11.6 Å². The molecule has 0 unspecified atom stereocenters. The quantitative estimate of drug-likeness (QED) is 0.852. The highest BCUT2D eigenvalue weighted by molar-refractivity contribution is 14.1. The van der Waals surface area contributed by atoms with E-state index in [1.165, 1.54) is 0 Å². The van der Waals surface area contributed by atoms with Gasteiger partial charge in [0.25, 0.3) is 0 Å². The van der Waals surface area contributed by atoms with Gasteiger partial charge in [-0.2, -0.15) is 0 Å². The predicted octanol–water partition coefficient (Wildman–Crippen LogP) is 2.98. The van der Waals surface area contributed by atoms with Gasteiger partial charge in [-0.3, -0.25) is 0 Å². The van der Waals surface area contributed by atoms with E-state index in [1.807, 2.05) is 7.05 Å². The zero-order valence-electron chi connectivity index (χ0n) is 9.98. The van der Waals surface area contributed by atoms with Crippen LogP contribution < -0.4 is 5.32 Å². The molecule has 1 N–H and O–H groups in total. The maximum Gasteiger partial charge on any atom is 0.143 e. The van der Waals surface area contributed by atoms with Crippen molar-refractivity contribution in [1.29, 1.82) is 0 Å². The molecule has 0 saturated carbocycles. The largest absolute Gasteiger partial charge is 0.372 e. The van der Waals surface area contributed by atoms with Crippen LogP contribution in [0.3, 0.4) is 0 Å². The molecule has 0 amide bonds. The van der Waals surface area contributed by atoms with E-state index in [-0.39, 0.29) is 5.41 Å². The Kier molecular flexibility index (Phi) is 3.92. The number of halogens is 1. The lowest BCUT2D eigenvalue weighted by Crippen LogP contribution is -2.19. The number of rotatable bonds is 2. The summed E-state index contributed by atoms with van der Waals surface area (Å²) < 4.78 is 1.12. The third-order valence-corrected chi connectivity index (χ3v) is 3.18. The number of hydrogen-bond acceptors (Lipinski definition) is 3. The first-order chi connectivity index (χ1) is 6.90. The summed E-state index contributed by atoms with van der Waals surface area (Å²) in [7, 11) is 1.90. The van der Waals surface area contributed by atoms with Gasteiger partial charge in [0, 0.05) is 18.9 Å². The van der Waals surface area contributed by atoms with Crippen LogP contribution >= 0.6 is 22.6 Å². The van der Waals surface area contributed by atoms with Gasteiger partial charge < -0.3 is 5.32 Å². The Hall–Kier alpha value is -0.390. The summed E-state index contributed by atoms with van der Waals surface area (Å²) in [6, 6.07) is 0. The molecule has 0 radical (unpaired) electrons. The molecule has 0 spiro atoms. The van der Waals surface area contributed by atoms with Crippen LogP contribution in [0.2, 0.25) is 0 Å². The molecule has 0 aliphatic carbocycles. The minimum absolute atomic E-state index is 0.0645. The minimum Gasteiger partial charge on any atom is -0.372 e. The van der Waals surface area contributed by atoms with E-state index < -0.39 is 0 Å². The van der Waals surface area contributed by atoms with Gasteiger partial charge in [-0.15, -0.1) is 0 Å². The molecule has 84 valence electrons. The van der Waals surface area contributed by atoms with E-state index in [0.29, 0.717) is 0 Å². The molecule has 1 aromatic heterocycles. The molecule has 4 heteroatoms. The third-order valence-electron chi connectivity index (χ3n) is 2.16. The number of aryl methyl sites for hydroxylation is 1. The lowest BCUT2D eigenvalue weighted by atomic mass is 9.92. The van der Waals surface area contributed by atoms with E-state index >= 15 is 0 Å². The van der Waals surface area contributed by atoms with Crippen LogP contribution in [0.4, 0.5) is 5.82 Å². The van der Waals surface area contributed by atoms with E-state index in [4.69, 9.17) is 0 Å². The molecule has 0 aromatic carbocycles. The van der Waals surface area contributed by atoms with Gasteiger partial charge >= 0.3 is 0 Å². The number of aromatic nitrogens is 2. The van der Waals surface area contributed by atoms with Crippen LogP contribution in [0.15, 0.2) is 0 Å². The van der Waals surface area contributed by atoms with Crippen molar-refractivity contribution < 1.29 is 0 Å². The molecule has 1 rings (SSSR count). The number of nitrogens with one attached hydrogen (secondary N) is 1. The first kappa shape index (κ1) is 12.7. The van der Waals surface area contributed by atoms with Crippen molar-refractivity contribution in [2.24, 2.45) is 0 Å². The van der Waals surface area contributed by atoms with E-state index in [1.54, 1.807) is 0 Å². The first-order valence-corrected chi connectivity index (χ1v) is 6.22. The van der Waals surface area contributed by atoms with Crippen LogP contribution in [0.1, 0.15) is 39.2 Å². The van der Waals surface area contributed by atoms with Gasteiger partial charge in [-0.05, 0) is 22.6 Å². The lowest BCUT2D eigenvalue weighted by molar-refractivity contribution is 0.558. The van der Waals surface area contributed by atoms with Crippen LogP contribution in [-0.2, 0) is 11.8 Å². The summed E-state index contributed by atoms with van der Waals surface area (Å²) in [5, 5.41) is 3.12. The fourth-order valence-corrected chi connectivity index (χ4v) is 2.63. The van der Waals surface area contributed by atoms with Crippen molar-refractivity contribution in [1.82, 2.24) is 9.97 Å². The lowest BCUT2D eigenvalue weighted by Gasteiger charge is -2.21. The standard InChI is InChI=1S/C11H18IN3/c1-6-7-14-9(11(2,3)4)8(12)10(13-5)15-7/h6H2,1-5H3,(H,13,14,15). The van der Waals surface area contributed by atoms with Crippen molar-refractivity contribution in [3.63, 3.8) is 0 Å². The number of nitrogens with zero attached hydrogens (tertiary/aromatic N) is 2. The average Bonchev–Trinajstić information content (AvgIpc) is 2.16. The second kappa shape index (κ2) is 4.63. The SMILES string of the molecule is CCc1nc(NC)c(I)c(C(C)(C)C)n1. The molecule has 1 aromatic rings. The normalized spacial score (nSPS) is 11.6. The average molecular weight is 319 g/mol. The van der Waals surface area contributed by atoms with Crippen molar-refractivity contribution in [3.8, 4) is 0 Å². The van der Waals surface area contributed by atoms with Crippen LogP contribution in [0, 0.1) is 3.57 Å². The highest BCUT2D eigenvalue weighted by Crippen LogP contribution is 2.29. The Morgan fingerprint density at radius 2 is 1.87 bits per heavy atom. The van der Waals surface area contributed by atoms with Gasteiger partial charge in [-0.1, -0.05) is 27.7 Å². The molecule has 0 aliphatic heterocycles. The first-order valence-electron chi connectivity index (χ1n) is 5.14. The summed E-state index contributed by atoms with van der Waals surface area (Å²) in [5.74, 6) is 1.84. The number of anilines is 1. The maximum absolute atomic E-state index is 4.61. The second-order valence-corrected chi connectivity index (χ2v) is 5.58. The van der Waals surface area contributed by atoms with Crippen LogP contribution in [0.5, 0.6) is 0 Å². The fourth-order valence-electron chi connectivity index (χ4n) is 1.31. The molecular weight excluding hydrogens is 301 g/mol. The molecule has 15 heavy (non-hydrogen) atoms. The van der Waals surface area contributed by atoms with E-state index in [0.717, 1.165) is 27.3 Å². The monoisotopic (exact) mass is 319 g/mol. The summed E-state index contributed by atoms with van der Waals surface area (Å²) in [6.07, 6.45) is 0.870. The van der Waals surface area contributed by atoms with Crippen molar-refractivity contribution in [2.75, 3.05) is 12.4 Å². The summed E-state index contributed by atoms with van der Waals surface area (Å²) >= 11 is 2.31. The molecule has 3 nitrogen and oxygen atoms in total. The van der Waals surface area contributed by atoms with Crippen molar-refractivity contribution >= 4 is 28.4 Å². The summed E-state index contributed by atoms with van der Waals surface area (Å²) in [6.45, 7) is 8.61. The Morgan fingerprint density at radius 3 is 2.27 bits per heavy atom. The summed E-state index contributed by atoms with van der Waals surface area (Å²) in [5.41, 5.74) is 1.19. The topological polar surface area (TPSA) is 37.8 Å². The molecule has 0 saturated heterocycles. The van der Waals surface area contributed by atoms with Gasteiger partial charge in [0.05, 0.1) is 9.26 Å². The smallest absolute Gasteiger partial charge is 0.143 e. The highest BCUT2D eigenvalue weighted by atomic mass is 127. The minimum atomic E-state index is 0.0645. The maximum atomic E-state index is 4.61. The highest BCUT2D eigenvalue weighted by Gasteiger charge is 2.22. The molecule has 1 heterocycles. The molecule has 0 atom stereocenters. The molecular formula is C11H18IN3. The van der Waals surface area contributed by atoms with Gasteiger partial charge in [0.2, 0.25) is 0 Å². The van der Waals surface area contributed by atoms with E-state index in [2.05, 4.69) is 65.6 Å². The van der Waals surface area contributed by atoms with Crippen LogP contribution in [0.25, 0.3) is 0 Å². The molecule has 0 fully saturated rings. The van der Waals surface area contributed by atoms with E-state index in [9.17, 15) is 0 Å². The fraction of sp³-hybridized carbons (Fsp3) is 0.636. The number of hydrogen-bond donors (Lipinski definition) is 1.